The van der Waals surface area contributed by atoms with Crippen LogP contribution in [0.4, 0.5) is 9.59 Å². The summed E-state index contributed by atoms with van der Waals surface area (Å²) in [6.07, 6.45) is 0.913. The van der Waals surface area contributed by atoms with Crippen molar-refractivity contribution in [1.82, 2.24) is 11.0 Å². The number of hydrogen-bond acceptors (Lipinski definition) is 8. The quantitative estimate of drug-likeness (QED) is 0.284. The van der Waals surface area contributed by atoms with Crippen LogP contribution in [0.15, 0.2) is 60.7 Å². The van der Waals surface area contributed by atoms with Crippen LogP contribution >= 0.6 is 0 Å². The van der Waals surface area contributed by atoms with Crippen LogP contribution in [0.5, 0.6) is 0 Å². The number of nitrogens with one attached hydrogen (secondary N) is 2. The molecular weight excluding hydrogens is 444 g/mol. The molecule has 0 radical (unpaired) electrons. The molecule has 2 aromatic rings. The molecule has 0 heterocycles. The Bertz CT molecular complexity index is 830. The van der Waals surface area contributed by atoms with Gasteiger partial charge in [-0.25, -0.2) is 19.2 Å². The lowest BCUT2D eigenvalue weighted by Gasteiger charge is -2.07. The van der Waals surface area contributed by atoms with E-state index >= 15 is 0 Å². The van der Waals surface area contributed by atoms with Crippen molar-refractivity contribution in [3.05, 3.63) is 71.8 Å². The molecule has 182 valence electrons. The van der Waals surface area contributed by atoms with Gasteiger partial charge in [0, 0.05) is 12.8 Å². The Hall–Kier alpha value is -4.08. The molecule has 0 aliphatic rings. The minimum Gasteiger partial charge on any atom is -0.443 e. The highest BCUT2D eigenvalue weighted by molar-refractivity contribution is 5.73. The van der Waals surface area contributed by atoms with Crippen LogP contribution in [-0.4, -0.2) is 24.1 Å². The molecule has 0 spiro atoms. The fourth-order valence-electron chi connectivity index (χ4n) is 2.70. The van der Waals surface area contributed by atoms with E-state index in [1.807, 2.05) is 47.4 Å². The summed E-state index contributed by atoms with van der Waals surface area (Å²) in [4.78, 5) is 55.6. The van der Waals surface area contributed by atoms with Crippen LogP contribution in [0.3, 0.4) is 0 Å². The van der Waals surface area contributed by atoms with E-state index in [9.17, 15) is 19.2 Å². The predicted molar refractivity (Wildman–Crippen MR) is 119 cm³/mol. The molecule has 2 amide bonds. The van der Waals surface area contributed by atoms with Crippen molar-refractivity contribution in [1.29, 1.82) is 0 Å². The first kappa shape index (κ1) is 26.2. The van der Waals surface area contributed by atoms with Gasteiger partial charge in [0.15, 0.2) is 0 Å². The van der Waals surface area contributed by atoms with Crippen LogP contribution in [-0.2, 0) is 42.0 Å². The average Bonchev–Trinajstić information content (AvgIpc) is 2.87. The van der Waals surface area contributed by atoms with Gasteiger partial charge in [0.2, 0.25) is 0 Å². The highest BCUT2D eigenvalue weighted by atomic mass is 16.7. The van der Waals surface area contributed by atoms with Gasteiger partial charge in [-0.05, 0) is 24.0 Å². The van der Waals surface area contributed by atoms with E-state index in [1.54, 1.807) is 24.3 Å². The number of benzene rings is 2. The Morgan fingerprint density at radius 2 is 0.941 bits per heavy atom. The number of hydroxylamine groups is 2. The van der Waals surface area contributed by atoms with Crippen molar-refractivity contribution in [3.8, 4) is 0 Å². The number of amides is 2. The van der Waals surface area contributed by atoms with E-state index in [2.05, 4.69) is 9.68 Å². The molecule has 0 unspecified atom stereocenters. The third-order valence-corrected chi connectivity index (χ3v) is 4.43. The molecule has 0 aromatic heterocycles. The van der Waals surface area contributed by atoms with Gasteiger partial charge in [0.25, 0.3) is 0 Å². The van der Waals surface area contributed by atoms with Gasteiger partial charge >= 0.3 is 24.1 Å². The van der Waals surface area contributed by atoms with Crippen molar-refractivity contribution in [2.24, 2.45) is 0 Å². The minimum absolute atomic E-state index is 0.0665. The fourth-order valence-corrected chi connectivity index (χ4v) is 2.70. The van der Waals surface area contributed by atoms with Gasteiger partial charge in [0.05, 0.1) is 0 Å². The van der Waals surface area contributed by atoms with Crippen LogP contribution < -0.4 is 11.0 Å². The summed E-state index contributed by atoms with van der Waals surface area (Å²) in [7, 11) is 0. The first-order valence-corrected chi connectivity index (χ1v) is 10.9. The molecule has 0 aliphatic carbocycles. The van der Waals surface area contributed by atoms with Gasteiger partial charge in [0.1, 0.15) is 13.2 Å². The van der Waals surface area contributed by atoms with Crippen molar-refractivity contribution in [3.63, 3.8) is 0 Å². The number of carbonyl (C=O) groups excluding carboxylic acids is 4. The summed E-state index contributed by atoms with van der Waals surface area (Å²) in [5.41, 5.74) is 5.51. The normalized spacial score (nSPS) is 10.0. The topological polar surface area (TPSA) is 129 Å². The van der Waals surface area contributed by atoms with E-state index in [0.717, 1.165) is 11.1 Å². The Morgan fingerprint density at radius 3 is 1.32 bits per heavy atom. The maximum atomic E-state index is 11.6. The monoisotopic (exact) mass is 472 g/mol. The molecule has 0 fully saturated rings. The molecule has 34 heavy (non-hydrogen) atoms. The fraction of sp³-hybridized carbons (Fsp3) is 0.333. The van der Waals surface area contributed by atoms with Crippen molar-refractivity contribution in [2.75, 3.05) is 0 Å². The number of ether oxygens (including phenoxy) is 2. The van der Waals surface area contributed by atoms with Crippen molar-refractivity contribution in [2.45, 2.75) is 51.7 Å². The number of hydrogen-bond donors (Lipinski definition) is 2. The predicted octanol–water partition coefficient (Wildman–Crippen LogP) is 4.10. The lowest BCUT2D eigenvalue weighted by Crippen LogP contribution is -2.27. The Balaban J connectivity index is 1.41. The highest BCUT2D eigenvalue weighted by Gasteiger charge is 2.10. The second kappa shape index (κ2) is 15.7. The summed E-state index contributed by atoms with van der Waals surface area (Å²) >= 11 is 0. The van der Waals surface area contributed by atoms with Gasteiger partial charge in [-0.1, -0.05) is 73.5 Å². The van der Waals surface area contributed by atoms with Gasteiger partial charge in [-0.3, -0.25) is 0 Å². The maximum Gasteiger partial charge on any atom is 0.441 e. The van der Waals surface area contributed by atoms with E-state index in [1.165, 1.54) is 0 Å². The molecule has 0 aliphatic heterocycles. The molecule has 0 saturated heterocycles. The molecule has 0 saturated carbocycles. The van der Waals surface area contributed by atoms with Crippen molar-refractivity contribution < 1.29 is 38.3 Å². The van der Waals surface area contributed by atoms with Crippen LogP contribution in [0.2, 0.25) is 0 Å². The summed E-state index contributed by atoms with van der Waals surface area (Å²) in [6, 6.07) is 18.2. The van der Waals surface area contributed by atoms with Crippen molar-refractivity contribution >= 4 is 24.1 Å². The second-order valence-corrected chi connectivity index (χ2v) is 7.19. The second-order valence-electron chi connectivity index (χ2n) is 7.19. The zero-order valence-corrected chi connectivity index (χ0v) is 18.7. The summed E-state index contributed by atoms with van der Waals surface area (Å²) in [5, 5.41) is 0. The first-order chi connectivity index (χ1) is 16.5. The summed E-state index contributed by atoms with van der Waals surface area (Å²) < 4.78 is 9.84. The Labute approximate surface area is 197 Å². The zero-order valence-electron chi connectivity index (χ0n) is 18.7. The average molecular weight is 472 g/mol. The molecule has 0 bridgehead atoms. The largest absolute Gasteiger partial charge is 0.443 e. The summed E-state index contributed by atoms with van der Waals surface area (Å²) in [5.74, 6) is -1.18. The molecule has 2 rings (SSSR count). The van der Waals surface area contributed by atoms with E-state index in [0.29, 0.717) is 25.7 Å². The lowest BCUT2D eigenvalue weighted by atomic mass is 10.1. The molecule has 2 aromatic carbocycles. The molecule has 0 atom stereocenters. The third-order valence-electron chi connectivity index (χ3n) is 4.43. The molecular formula is C24H28N2O8. The molecule has 10 heteroatoms. The van der Waals surface area contributed by atoms with Crippen LogP contribution in [0.1, 0.15) is 49.7 Å². The third kappa shape index (κ3) is 12.1. The SMILES string of the molecule is O=C(CCCCCCC(=O)ONC(=O)OCc1ccccc1)ONC(=O)OCc1ccccc1. The molecule has 2 N–H and O–H groups in total. The highest BCUT2D eigenvalue weighted by Crippen LogP contribution is 2.07. The zero-order chi connectivity index (χ0) is 24.4. The smallest absolute Gasteiger partial charge is 0.441 e. The Kier molecular flexibility index (Phi) is 12.1. The van der Waals surface area contributed by atoms with Gasteiger partial charge in [-0.2, -0.15) is 0 Å². The summed E-state index contributed by atoms with van der Waals surface area (Å²) in [6.45, 7) is 0.133. The number of rotatable bonds is 11. The van der Waals surface area contributed by atoms with Gasteiger partial charge in [-0.15, -0.1) is 11.0 Å². The van der Waals surface area contributed by atoms with E-state index in [4.69, 9.17) is 9.47 Å². The lowest BCUT2D eigenvalue weighted by molar-refractivity contribution is -0.151. The maximum absolute atomic E-state index is 11.6. The first-order valence-electron chi connectivity index (χ1n) is 10.9. The van der Waals surface area contributed by atoms with Crippen LogP contribution in [0, 0.1) is 0 Å². The van der Waals surface area contributed by atoms with Crippen LogP contribution in [0.25, 0.3) is 0 Å². The number of unbranched alkanes of at least 4 members (excludes halogenated alkanes) is 3. The minimum atomic E-state index is -0.853. The van der Waals surface area contributed by atoms with Gasteiger partial charge < -0.3 is 19.1 Å². The van der Waals surface area contributed by atoms with E-state index < -0.39 is 24.1 Å². The standard InChI is InChI=1S/C24H28N2O8/c27-21(33-25-23(29)31-17-19-11-5-3-6-12-19)15-9-1-2-10-16-22(28)34-26-24(30)32-18-20-13-7-4-8-14-20/h3-8,11-14H,1-2,9-10,15-18H2,(H,25,29)(H,26,30). The molecule has 10 nitrogen and oxygen atoms in total. The van der Waals surface area contributed by atoms with E-state index in [-0.39, 0.29) is 26.1 Å². The number of carbonyl (C=O) groups is 4. The Morgan fingerprint density at radius 1 is 0.559 bits per heavy atom.